The topological polar surface area (TPSA) is 77.3 Å². The van der Waals surface area contributed by atoms with E-state index in [1.54, 1.807) is 0 Å². The molecule has 0 saturated heterocycles. The van der Waals surface area contributed by atoms with Crippen molar-refractivity contribution in [1.29, 1.82) is 0 Å². The number of Topliss-reactive ketones (excluding diaryl/α,β-unsaturated/α-hetero) is 2. The lowest BCUT2D eigenvalue weighted by Gasteiger charge is -2.29. The second-order valence-electron chi connectivity index (χ2n) is 6.50. The molecule has 1 saturated carbocycles. The summed E-state index contributed by atoms with van der Waals surface area (Å²) in [7, 11) is 0. The zero-order valence-corrected chi connectivity index (χ0v) is 13.6. The van der Waals surface area contributed by atoms with Crippen LogP contribution in [-0.4, -0.2) is 35.2 Å². The van der Waals surface area contributed by atoms with Crippen molar-refractivity contribution in [2.24, 2.45) is 22.1 Å². The number of ketones is 2. The highest BCUT2D eigenvalue weighted by Crippen LogP contribution is 2.38. The summed E-state index contributed by atoms with van der Waals surface area (Å²) in [4.78, 5) is 37.0. The molecule has 5 rings (SSSR count). The van der Waals surface area contributed by atoms with Gasteiger partial charge in [0.25, 0.3) is 0 Å². The first-order valence-corrected chi connectivity index (χ1v) is 8.41. The maximum absolute atomic E-state index is 13.1. The van der Waals surface area contributed by atoms with Crippen LogP contribution in [0.1, 0.15) is 11.1 Å². The summed E-state index contributed by atoms with van der Waals surface area (Å²) in [6.45, 7) is 0. The molecule has 4 unspecified atom stereocenters. The third-order valence-corrected chi connectivity index (χ3v) is 5.04. The van der Waals surface area contributed by atoms with E-state index in [4.69, 9.17) is 9.68 Å². The third kappa shape index (κ3) is 2.05. The van der Waals surface area contributed by atoms with Gasteiger partial charge in [0, 0.05) is 11.1 Å². The quantitative estimate of drug-likeness (QED) is 0.833. The van der Waals surface area contributed by atoms with Crippen LogP contribution in [-0.2, 0) is 19.3 Å². The van der Waals surface area contributed by atoms with E-state index in [1.807, 2.05) is 60.7 Å². The summed E-state index contributed by atoms with van der Waals surface area (Å²) in [5.74, 6) is -1.93. The molecule has 6 heteroatoms. The van der Waals surface area contributed by atoms with Crippen molar-refractivity contribution in [2.45, 2.75) is 12.2 Å². The van der Waals surface area contributed by atoms with Gasteiger partial charge in [-0.1, -0.05) is 71.0 Å². The lowest BCUT2D eigenvalue weighted by molar-refractivity contribution is -0.153. The van der Waals surface area contributed by atoms with Crippen LogP contribution in [0.25, 0.3) is 0 Å². The molecule has 2 heterocycles. The lowest BCUT2D eigenvalue weighted by Crippen LogP contribution is -2.55. The van der Waals surface area contributed by atoms with Crippen LogP contribution < -0.4 is 0 Å². The predicted octanol–water partition coefficient (Wildman–Crippen LogP) is 1.98. The zero-order valence-electron chi connectivity index (χ0n) is 13.6. The third-order valence-electron chi connectivity index (χ3n) is 5.04. The Labute approximate surface area is 149 Å². The van der Waals surface area contributed by atoms with E-state index in [-0.39, 0.29) is 11.6 Å². The van der Waals surface area contributed by atoms with Gasteiger partial charge >= 0.3 is 0 Å². The molecule has 3 aliphatic rings. The van der Waals surface area contributed by atoms with Gasteiger partial charge in [-0.3, -0.25) is 9.59 Å². The van der Waals surface area contributed by atoms with Gasteiger partial charge in [-0.15, -0.1) is 0 Å². The highest BCUT2D eigenvalue weighted by Gasteiger charge is 2.60. The van der Waals surface area contributed by atoms with Crippen molar-refractivity contribution in [3.05, 3.63) is 71.8 Å². The number of carbonyl (C=O) groups is 2. The van der Waals surface area contributed by atoms with Crippen LogP contribution in [0.2, 0.25) is 0 Å². The van der Waals surface area contributed by atoms with Gasteiger partial charge in [-0.25, -0.2) is 0 Å². The molecule has 0 N–H and O–H groups in total. The van der Waals surface area contributed by atoms with Gasteiger partial charge in [0.2, 0.25) is 12.2 Å². The SMILES string of the molecule is O=C1C2ON=C(c3ccccc3)C2C(=O)C2ON=C(c3ccccc3)C12. The van der Waals surface area contributed by atoms with E-state index in [1.165, 1.54) is 0 Å². The Bertz CT molecular complexity index is 873. The standard InChI is InChI=1S/C20H14N2O4/c23-17-13-15(11-7-3-1-4-8-11)21-25-19(13)18(24)14-16(22-26-20(14)17)12-9-5-2-6-10-12/h1-10,13-14,19-20H. The van der Waals surface area contributed by atoms with Gasteiger partial charge in [0.05, 0.1) is 0 Å². The molecule has 1 fully saturated rings. The Morgan fingerprint density at radius 3 is 1.38 bits per heavy atom. The van der Waals surface area contributed by atoms with Crippen LogP contribution >= 0.6 is 0 Å². The molecular formula is C20H14N2O4. The van der Waals surface area contributed by atoms with Gasteiger partial charge < -0.3 is 9.68 Å². The molecule has 2 aromatic rings. The first-order valence-electron chi connectivity index (χ1n) is 8.41. The molecule has 26 heavy (non-hydrogen) atoms. The first-order chi connectivity index (χ1) is 12.8. The first kappa shape index (κ1) is 15.0. The van der Waals surface area contributed by atoms with E-state index in [2.05, 4.69) is 10.3 Å². The van der Waals surface area contributed by atoms with Crippen LogP contribution in [0.3, 0.4) is 0 Å². The van der Waals surface area contributed by atoms with Crippen molar-refractivity contribution in [2.75, 3.05) is 0 Å². The normalized spacial score (nSPS) is 29.2. The van der Waals surface area contributed by atoms with Crippen molar-refractivity contribution < 1.29 is 19.3 Å². The summed E-state index contributed by atoms with van der Waals surface area (Å²) in [5, 5.41) is 8.11. The highest BCUT2D eigenvalue weighted by molar-refractivity contribution is 6.27. The Morgan fingerprint density at radius 2 is 1.00 bits per heavy atom. The molecule has 2 aromatic carbocycles. The minimum atomic E-state index is -0.922. The van der Waals surface area contributed by atoms with E-state index in [0.29, 0.717) is 11.4 Å². The Morgan fingerprint density at radius 1 is 0.615 bits per heavy atom. The number of hydrogen-bond donors (Lipinski definition) is 0. The Balaban J connectivity index is 1.50. The maximum atomic E-state index is 13.1. The minimum absolute atomic E-state index is 0.214. The number of hydrogen-bond acceptors (Lipinski definition) is 6. The van der Waals surface area contributed by atoms with Crippen molar-refractivity contribution in [1.82, 2.24) is 0 Å². The zero-order chi connectivity index (χ0) is 17.7. The molecule has 2 aliphatic heterocycles. The largest absolute Gasteiger partial charge is 0.383 e. The smallest absolute Gasteiger partial charge is 0.201 e. The average molecular weight is 346 g/mol. The van der Waals surface area contributed by atoms with Crippen LogP contribution in [0.5, 0.6) is 0 Å². The molecule has 1 aliphatic carbocycles. The number of fused-ring (bicyclic) bond motifs is 2. The summed E-state index contributed by atoms with van der Waals surface area (Å²) in [6.07, 6.45) is -1.84. The van der Waals surface area contributed by atoms with Gasteiger partial charge in [0.15, 0.2) is 11.6 Å². The summed E-state index contributed by atoms with van der Waals surface area (Å²) in [6, 6.07) is 18.5. The Kier molecular flexibility index (Phi) is 3.25. The summed E-state index contributed by atoms with van der Waals surface area (Å²) in [5.41, 5.74) is 2.48. The Hall–Kier alpha value is -3.28. The fourth-order valence-electron chi connectivity index (χ4n) is 3.79. The number of nitrogens with zero attached hydrogens (tertiary/aromatic N) is 2. The molecule has 0 amide bonds. The predicted molar refractivity (Wildman–Crippen MR) is 92.7 cm³/mol. The molecule has 6 nitrogen and oxygen atoms in total. The van der Waals surface area contributed by atoms with E-state index in [0.717, 1.165) is 11.1 Å². The lowest BCUT2D eigenvalue weighted by atomic mass is 9.71. The van der Waals surface area contributed by atoms with E-state index < -0.39 is 24.0 Å². The minimum Gasteiger partial charge on any atom is -0.383 e. The average Bonchev–Trinajstić information content (AvgIpc) is 3.33. The summed E-state index contributed by atoms with van der Waals surface area (Å²) < 4.78 is 0. The summed E-state index contributed by atoms with van der Waals surface area (Å²) >= 11 is 0. The molecule has 0 spiro atoms. The number of rotatable bonds is 2. The van der Waals surface area contributed by atoms with Crippen molar-refractivity contribution in [3.63, 3.8) is 0 Å². The number of oxime groups is 2. The fraction of sp³-hybridized carbons (Fsp3) is 0.200. The highest BCUT2D eigenvalue weighted by atomic mass is 16.7. The monoisotopic (exact) mass is 346 g/mol. The van der Waals surface area contributed by atoms with Gasteiger partial charge in [-0.2, -0.15) is 0 Å². The maximum Gasteiger partial charge on any atom is 0.201 e. The van der Waals surface area contributed by atoms with Crippen molar-refractivity contribution >= 4 is 23.0 Å². The molecule has 4 atom stereocenters. The van der Waals surface area contributed by atoms with E-state index in [9.17, 15) is 9.59 Å². The van der Waals surface area contributed by atoms with Gasteiger partial charge in [0.1, 0.15) is 23.3 Å². The second kappa shape index (κ2) is 5.62. The van der Waals surface area contributed by atoms with Crippen LogP contribution in [0.4, 0.5) is 0 Å². The number of carbonyl (C=O) groups excluding carboxylic acids is 2. The van der Waals surface area contributed by atoms with E-state index >= 15 is 0 Å². The van der Waals surface area contributed by atoms with Crippen LogP contribution in [0, 0.1) is 11.8 Å². The molecule has 0 aromatic heterocycles. The van der Waals surface area contributed by atoms with Crippen LogP contribution in [0.15, 0.2) is 71.0 Å². The molecule has 128 valence electrons. The number of benzene rings is 2. The van der Waals surface area contributed by atoms with Gasteiger partial charge in [-0.05, 0) is 0 Å². The van der Waals surface area contributed by atoms with Crippen molar-refractivity contribution in [3.8, 4) is 0 Å². The molecule has 0 bridgehead atoms. The molecule has 0 radical (unpaired) electrons. The second-order valence-corrected chi connectivity index (χ2v) is 6.50. The fourth-order valence-corrected chi connectivity index (χ4v) is 3.79. The molecular weight excluding hydrogens is 332 g/mol.